The highest BCUT2D eigenvalue weighted by Gasteiger charge is 2.31. The number of halogens is 4. The maximum absolute atomic E-state index is 12.9. The molecular weight excluding hydrogens is 399 g/mol. The highest BCUT2D eigenvalue weighted by molar-refractivity contribution is 6.30. The monoisotopic (exact) mass is 417 g/mol. The lowest BCUT2D eigenvalue weighted by Gasteiger charge is -2.19. The van der Waals surface area contributed by atoms with Gasteiger partial charge in [-0.25, -0.2) is 4.79 Å². The number of carbonyl (C=O) groups excluding carboxylic acids is 1. The van der Waals surface area contributed by atoms with Crippen LogP contribution in [-0.2, 0) is 15.7 Å². The minimum absolute atomic E-state index is 0.0558. The number of aliphatic hydroxyl groups is 1. The third-order valence-corrected chi connectivity index (χ3v) is 3.84. The van der Waals surface area contributed by atoms with Crippen molar-refractivity contribution in [3.63, 3.8) is 0 Å². The Bertz CT molecular complexity index is 781. The van der Waals surface area contributed by atoms with Crippen LogP contribution in [0.2, 0.25) is 5.02 Å². The fourth-order valence-corrected chi connectivity index (χ4v) is 2.39. The van der Waals surface area contributed by atoms with Gasteiger partial charge in [0.2, 0.25) is 6.10 Å². The molecule has 0 aliphatic carbocycles. The van der Waals surface area contributed by atoms with Crippen LogP contribution in [0.5, 0.6) is 5.75 Å². The lowest BCUT2D eigenvalue weighted by atomic mass is 10.1. The van der Waals surface area contributed by atoms with Crippen LogP contribution in [0.4, 0.5) is 13.2 Å². The summed E-state index contributed by atoms with van der Waals surface area (Å²) in [6.07, 6.45) is -6.60. The number of carbonyl (C=O) groups is 1. The third kappa shape index (κ3) is 6.70. The molecule has 0 radical (unpaired) electrons. The molecule has 0 saturated carbocycles. The molecular formula is C19H19ClF3NO4. The Morgan fingerprint density at radius 3 is 2.50 bits per heavy atom. The van der Waals surface area contributed by atoms with Gasteiger partial charge >= 0.3 is 12.1 Å². The van der Waals surface area contributed by atoms with Crippen molar-refractivity contribution in [2.75, 3.05) is 13.2 Å². The van der Waals surface area contributed by atoms with Crippen molar-refractivity contribution in [2.45, 2.75) is 25.4 Å². The summed E-state index contributed by atoms with van der Waals surface area (Å²) in [6, 6.07) is 10.3. The minimum atomic E-state index is -4.54. The Labute approximate surface area is 165 Å². The Kier molecular flexibility index (Phi) is 7.68. The third-order valence-electron chi connectivity index (χ3n) is 3.59. The van der Waals surface area contributed by atoms with Crippen molar-refractivity contribution in [3.8, 4) is 5.75 Å². The van der Waals surface area contributed by atoms with Crippen molar-refractivity contribution >= 4 is 17.6 Å². The maximum Gasteiger partial charge on any atom is 0.416 e. The molecule has 2 unspecified atom stereocenters. The number of benzene rings is 2. The van der Waals surface area contributed by atoms with Crippen molar-refractivity contribution in [3.05, 3.63) is 64.7 Å². The molecule has 0 aliphatic rings. The normalized spacial score (nSPS) is 13.6. The zero-order chi connectivity index (χ0) is 20.7. The molecule has 0 fully saturated rings. The van der Waals surface area contributed by atoms with Gasteiger partial charge in [-0.05, 0) is 37.3 Å². The molecule has 2 rings (SSSR count). The van der Waals surface area contributed by atoms with Crippen LogP contribution in [0.25, 0.3) is 0 Å². The topological polar surface area (TPSA) is 67.8 Å². The van der Waals surface area contributed by atoms with Crippen molar-refractivity contribution in [1.82, 2.24) is 5.32 Å². The summed E-state index contributed by atoms with van der Waals surface area (Å²) in [5.41, 5.74) is -0.523. The van der Waals surface area contributed by atoms with Gasteiger partial charge in [-0.15, -0.1) is 0 Å². The zero-order valence-corrected chi connectivity index (χ0v) is 15.6. The van der Waals surface area contributed by atoms with E-state index >= 15 is 0 Å². The molecule has 9 heteroatoms. The molecule has 2 N–H and O–H groups in total. The van der Waals surface area contributed by atoms with Crippen LogP contribution in [0, 0.1) is 0 Å². The van der Waals surface area contributed by atoms with Gasteiger partial charge in [0.1, 0.15) is 18.6 Å². The van der Waals surface area contributed by atoms with Gasteiger partial charge in [0, 0.05) is 17.1 Å². The van der Waals surface area contributed by atoms with E-state index in [2.05, 4.69) is 5.32 Å². The molecule has 0 amide bonds. The number of alkyl halides is 3. The standard InChI is InChI=1S/C19H19ClF3NO4/c1-12(25)24-9-10-27-18(26)17(13-5-7-15(20)8-6-13)28-16-4-2-3-14(11-16)19(21,22)23/h2-8,11-12,17,24-25H,9-10H2,1H3. The largest absolute Gasteiger partial charge is 0.474 e. The van der Waals surface area contributed by atoms with Gasteiger partial charge in [-0.2, -0.15) is 13.2 Å². The van der Waals surface area contributed by atoms with Gasteiger partial charge in [0.05, 0.1) is 5.56 Å². The van der Waals surface area contributed by atoms with Crippen LogP contribution in [0.15, 0.2) is 48.5 Å². The second kappa shape index (κ2) is 9.77. The molecule has 28 heavy (non-hydrogen) atoms. The molecule has 5 nitrogen and oxygen atoms in total. The first-order valence-electron chi connectivity index (χ1n) is 8.34. The Hall–Kier alpha value is -2.29. The number of hydrogen-bond acceptors (Lipinski definition) is 5. The molecule has 0 aromatic heterocycles. The first-order valence-corrected chi connectivity index (χ1v) is 8.72. The number of esters is 1. The zero-order valence-electron chi connectivity index (χ0n) is 14.9. The molecule has 0 aliphatic heterocycles. The number of ether oxygens (including phenoxy) is 2. The van der Waals surface area contributed by atoms with Crippen molar-refractivity contribution < 1.29 is 32.5 Å². The van der Waals surface area contributed by atoms with Gasteiger partial charge < -0.3 is 14.6 Å². The Morgan fingerprint density at radius 2 is 1.89 bits per heavy atom. The summed E-state index contributed by atoms with van der Waals surface area (Å²) in [5.74, 6) is -0.916. The molecule has 2 atom stereocenters. The van der Waals surface area contributed by atoms with E-state index in [1.165, 1.54) is 43.3 Å². The summed E-state index contributed by atoms with van der Waals surface area (Å²) < 4.78 is 49.4. The molecule has 2 aromatic rings. The second-order valence-electron chi connectivity index (χ2n) is 5.87. The first kappa shape index (κ1) is 22.0. The number of aliphatic hydroxyl groups excluding tert-OH is 1. The van der Waals surface area contributed by atoms with Gasteiger partial charge in [0.25, 0.3) is 0 Å². The van der Waals surface area contributed by atoms with Crippen molar-refractivity contribution in [2.24, 2.45) is 0 Å². The Balaban J connectivity index is 2.19. The fraction of sp³-hybridized carbons (Fsp3) is 0.316. The molecule has 0 heterocycles. The number of rotatable bonds is 8. The summed E-state index contributed by atoms with van der Waals surface area (Å²) >= 11 is 5.85. The average molecular weight is 418 g/mol. The molecule has 0 bridgehead atoms. The van der Waals surface area contributed by atoms with E-state index in [-0.39, 0.29) is 18.9 Å². The van der Waals surface area contributed by atoms with E-state index in [4.69, 9.17) is 26.2 Å². The van der Waals surface area contributed by atoms with Gasteiger partial charge in [-0.3, -0.25) is 5.32 Å². The lowest BCUT2D eigenvalue weighted by Crippen LogP contribution is -2.31. The van der Waals surface area contributed by atoms with Crippen LogP contribution < -0.4 is 10.1 Å². The average Bonchev–Trinajstić information content (AvgIpc) is 2.63. The fourth-order valence-electron chi connectivity index (χ4n) is 2.27. The van der Waals surface area contributed by atoms with Crippen LogP contribution in [-0.4, -0.2) is 30.5 Å². The smallest absolute Gasteiger partial charge is 0.416 e. The molecule has 152 valence electrons. The molecule has 0 spiro atoms. The Morgan fingerprint density at radius 1 is 1.21 bits per heavy atom. The summed E-state index contributed by atoms with van der Waals surface area (Å²) in [5, 5.41) is 12.2. The maximum atomic E-state index is 12.9. The van der Waals surface area contributed by atoms with E-state index in [1.54, 1.807) is 0 Å². The highest BCUT2D eigenvalue weighted by atomic mass is 35.5. The predicted octanol–water partition coefficient (Wildman–Crippen LogP) is 3.95. The predicted molar refractivity (Wildman–Crippen MR) is 96.9 cm³/mol. The minimum Gasteiger partial charge on any atom is -0.474 e. The van der Waals surface area contributed by atoms with Gasteiger partial charge in [0.15, 0.2) is 0 Å². The van der Waals surface area contributed by atoms with Crippen LogP contribution >= 0.6 is 11.6 Å². The van der Waals surface area contributed by atoms with Crippen LogP contribution in [0.1, 0.15) is 24.2 Å². The van der Waals surface area contributed by atoms with E-state index in [1.807, 2.05) is 0 Å². The van der Waals surface area contributed by atoms with E-state index in [9.17, 15) is 18.0 Å². The SMILES string of the molecule is CC(O)NCCOC(=O)C(Oc1cccc(C(F)(F)F)c1)c1ccc(Cl)cc1. The lowest BCUT2D eigenvalue weighted by molar-refractivity contribution is -0.152. The first-order chi connectivity index (χ1) is 13.2. The summed E-state index contributed by atoms with van der Waals surface area (Å²) in [4.78, 5) is 12.5. The summed E-state index contributed by atoms with van der Waals surface area (Å²) in [6.45, 7) is 1.65. The van der Waals surface area contributed by atoms with Gasteiger partial charge in [-0.1, -0.05) is 29.8 Å². The molecule has 0 saturated heterocycles. The van der Waals surface area contributed by atoms with Crippen LogP contribution in [0.3, 0.4) is 0 Å². The number of hydrogen-bond donors (Lipinski definition) is 2. The summed E-state index contributed by atoms with van der Waals surface area (Å²) in [7, 11) is 0. The van der Waals surface area contributed by atoms with E-state index in [0.29, 0.717) is 10.6 Å². The second-order valence-corrected chi connectivity index (χ2v) is 6.31. The quantitative estimate of drug-likeness (QED) is 0.387. The van der Waals surface area contributed by atoms with E-state index < -0.39 is 30.0 Å². The number of nitrogens with one attached hydrogen (secondary N) is 1. The van der Waals surface area contributed by atoms with Crippen molar-refractivity contribution in [1.29, 1.82) is 0 Å². The van der Waals surface area contributed by atoms with E-state index in [0.717, 1.165) is 12.1 Å². The highest BCUT2D eigenvalue weighted by Crippen LogP contribution is 2.33. The molecule has 2 aromatic carbocycles.